The average Bonchev–Trinajstić information content (AvgIpc) is 2.52. The van der Waals surface area contributed by atoms with E-state index in [1.165, 1.54) is 5.56 Å². The summed E-state index contributed by atoms with van der Waals surface area (Å²) in [4.78, 5) is 12.0. The van der Waals surface area contributed by atoms with Crippen molar-refractivity contribution in [2.45, 2.75) is 39.7 Å². The van der Waals surface area contributed by atoms with Crippen molar-refractivity contribution >= 4 is 17.5 Å². The van der Waals surface area contributed by atoms with Crippen molar-refractivity contribution in [3.63, 3.8) is 0 Å². The molecule has 0 atom stereocenters. The molecule has 0 aromatic heterocycles. The van der Waals surface area contributed by atoms with Gasteiger partial charge in [0.1, 0.15) is 5.75 Å². The quantitative estimate of drug-likeness (QED) is 0.857. The molecule has 0 heterocycles. The minimum absolute atomic E-state index is 0.0173. The number of carbonyl (C=O) groups is 1. The van der Waals surface area contributed by atoms with E-state index in [-0.39, 0.29) is 17.9 Å². The second kappa shape index (κ2) is 7.71. The molecule has 0 bridgehead atoms. The van der Waals surface area contributed by atoms with Crippen molar-refractivity contribution < 1.29 is 9.53 Å². The van der Waals surface area contributed by atoms with E-state index in [0.717, 1.165) is 16.9 Å². The van der Waals surface area contributed by atoms with Crippen molar-refractivity contribution in [2.75, 3.05) is 6.61 Å². The van der Waals surface area contributed by atoms with Crippen LogP contribution in [-0.2, 0) is 16.8 Å². The molecule has 2 rings (SSSR count). The first-order chi connectivity index (χ1) is 11.3. The number of nitrogens with one attached hydrogen (secondary N) is 1. The average molecular weight is 346 g/mol. The number of hydrogen-bond acceptors (Lipinski definition) is 2. The molecule has 0 aliphatic carbocycles. The van der Waals surface area contributed by atoms with Crippen LogP contribution in [0.15, 0.2) is 42.5 Å². The fourth-order valence-electron chi connectivity index (χ4n) is 2.39. The highest BCUT2D eigenvalue weighted by Crippen LogP contribution is 2.32. The Hall–Kier alpha value is -2.00. The molecular formula is C20H24ClNO2. The maximum atomic E-state index is 12.0. The first kappa shape index (κ1) is 18.3. The molecule has 0 aliphatic heterocycles. The predicted molar refractivity (Wildman–Crippen MR) is 98.7 cm³/mol. The molecule has 24 heavy (non-hydrogen) atoms. The summed E-state index contributed by atoms with van der Waals surface area (Å²) in [7, 11) is 0. The van der Waals surface area contributed by atoms with Crippen LogP contribution in [0.2, 0.25) is 5.02 Å². The van der Waals surface area contributed by atoms with Crippen LogP contribution in [0.1, 0.15) is 37.5 Å². The van der Waals surface area contributed by atoms with Gasteiger partial charge in [-0.15, -0.1) is 0 Å². The highest BCUT2D eigenvalue weighted by molar-refractivity contribution is 6.31. The second-order valence-electron chi connectivity index (χ2n) is 6.91. The van der Waals surface area contributed by atoms with Crippen LogP contribution < -0.4 is 10.1 Å². The molecule has 1 amide bonds. The molecule has 0 radical (unpaired) electrons. The standard InChI is InChI=1S/C20H24ClNO2/c1-14-9-10-18(16(11-14)20(2,3)4)24-13-19(23)22-12-15-7-5-6-8-17(15)21/h5-11H,12-13H2,1-4H3,(H,22,23). The van der Waals surface area contributed by atoms with Crippen molar-refractivity contribution in [1.82, 2.24) is 5.32 Å². The van der Waals surface area contributed by atoms with Crippen molar-refractivity contribution in [3.8, 4) is 5.75 Å². The number of halogens is 1. The van der Waals surface area contributed by atoms with Crippen LogP contribution in [0.3, 0.4) is 0 Å². The molecule has 3 nitrogen and oxygen atoms in total. The van der Waals surface area contributed by atoms with Gasteiger partial charge in [0.15, 0.2) is 6.61 Å². The summed E-state index contributed by atoms with van der Waals surface area (Å²) in [6.45, 7) is 8.82. The zero-order valence-electron chi connectivity index (χ0n) is 14.7. The van der Waals surface area contributed by atoms with Gasteiger partial charge in [0.2, 0.25) is 0 Å². The van der Waals surface area contributed by atoms with Crippen molar-refractivity contribution in [3.05, 3.63) is 64.2 Å². The van der Waals surface area contributed by atoms with E-state index in [9.17, 15) is 4.79 Å². The van der Waals surface area contributed by atoms with Gasteiger partial charge in [-0.1, -0.05) is 68.3 Å². The van der Waals surface area contributed by atoms with E-state index < -0.39 is 0 Å². The molecular weight excluding hydrogens is 322 g/mol. The fourth-order valence-corrected chi connectivity index (χ4v) is 2.59. The molecule has 0 fully saturated rings. The monoisotopic (exact) mass is 345 g/mol. The fraction of sp³-hybridized carbons (Fsp3) is 0.350. The van der Waals surface area contributed by atoms with Gasteiger partial charge >= 0.3 is 0 Å². The first-order valence-electron chi connectivity index (χ1n) is 8.01. The molecule has 0 aliphatic rings. The largest absolute Gasteiger partial charge is 0.483 e. The summed E-state index contributed by atoms with van der Waals surface area (Å²) in [5.74, 6) is 0.580. The van der Waals surface area contributed by atoms with Crippen molar-refractivity contribution in [1.29, 1.82) is 0 Å². The Morgan fingerprint density at radius 2 is 1.88 bits per heavy atom. The van der Waals surface area contributed by atoms with Gasteiger partial charge in [-0.2, -0.15) is 0 Å². The number of carbonyl (C=O) groups excluding carboxylic acids is 1. The summed E-state index contributed by atoms with van der Waals surface area (Å²) >= 11 is 6.08. The van der Waals surface area contributed by atoms with Crippen LogP contribution in [0.25, 0.3) is 0 Å². The Morgan fingerprint density at radius 1 is 1.17 bits per heavy atom. The minimum atomic E-state index is -0.171. The minimum Gasteiger partial charge on any atom is -0.483 e. The molecule has 2 aromatic carbocycles. The second-order valence-corrected chi connectivity index (χ2v) is 7.31. The number of benzene rings is 2. The Labute approximate surface area is 149 Å². The van der Waals surface area contributed by atoms with Crippen molar-refractivity contribution in [2.24, 2.45) is 0 Å². The normalized spacial score (nSPS) is 11.2. The molecule has 0 saturated heterocycles. The predicted octanol–water partition coefficient (Wildman–Crippen LogP) is 4.64. The molecule has 4 heteroatoms. The van der Waals surface area contributed by atoms with Gasteiger partial charge in [0, 0.05) is 11.6 Å². The number of ether oxygens (including phenoxy) is 1. The van der Waals surface area contributed by atoms with E-state index in [2.05, 4.69) is 39.1 Å². The van der Waals surface area contributed by atoms with E-state index in [1.807, 2.05) is 30.3 Å². The Morgan fingerprint density at radius 3 is 2.54 bits per heavy atom. The summed E-state index contributed by atoms with van der Waals surface area (Å²) in [6, 6.07) is 13.5. The molecule has 0 spiro atoms. The lowest BCUT2D eigenvalue weighted by atomic mass is 9.85. The van der Waals surface area contributed by atoms with Gasteiger partial charge in [-0.25, -0.2) is 0 Å². The first-order valence-corrected chi connectivity index (χ1v) is 8.39. The molecule has 1 N–H and O–H groups in total. The van der Waals surface area contributed by atoms with Gasteiger partial charge in [-0.05, 0) is 35.6 Å². The topological polar surface area (TPSA) is 38.3 Å². The summed E-state index contributed by atoms with van der Waals surface area (Å²) in [5, 5.41) is 3.48. The molecule has 2 aromatic rings. The van der Waals surface area contributed by atoms with Gasteiger partial charge in [0.25, 0.3) is 5.91 Å². The summed E-state index contributed by atoms with van der Waals surface area (Å²) in [5.41, 5.74) is 3.12. The molecule has 0 unspecified atom stereocenters. The highest BCUT2D eigenvalue weighted by Gasteiger charge is 2.19. The zero-order chi connectivity index (χ0) is 17.7. The van der Waals surface area contributed by atoms with E-state index >= 15 is 0 Å². The lowest BCUT2D eigenvalue weighted by molar-refractivity contribution is -0.123. The van der Waals surface area contributed by atoms with Gasteiger partial charge in [0.05, 0.1) is 0 Å². The van der Waals surface area contributed by atoms with Crippen LogP contribution >= 0.6 is 11.6 Å². The third kappa shape index (κ3) is 5.00. The lowest BCUT2D eigenvalue weighted by Gasteiger charge is -2.23. The maximum Gasteiger partial charge on any atom is 0.258 e. The zero-order valence-corrected chi connectivity index (χ0v) is 15.4. The van der Waals surface area contributed by atoms with E-state index in [1.54, 1.807) is 6.07 Å². The van der Waals surface area contributed by atoms with Gasteiger partial charge in [-0.3, -0.25) is 4.79 Å². The third-order valence-corrected chi connectivity index (χ3v) is 4.10. The SMILES string of the molecule is Cc1ccc(OCC(=O)NCc2ccccc2Cl)c(C(C)(C)C)c1. The van der Waals surface area contributed by atoms with E-state index in [0.29, 0.717) is 11.6 Å². The summed E-state index contributed by atoms with van der Waals surface area (Å²) < 4.78 is 5.75. The molecule has 0 saturated carbocycles. The maximum absolute atomic E-state index is 12.0. The summed E-state index contributed by atoms with van der Waals surface area (Å²) in [6.07, 6.45) is 0. The van der Waals surface area contributed by atoms with E-state index in [4.69, 9.17) is 16.3 Å². The van der Waals surface area contributed by atoms with Crippen LogP contribution in [0.5, 0.6) is 5.75 Å². The number of amides is 1. The highest BCUT2D eigenvalue weighted by atomic mass is 35.5. The number of aryl methyl sites for hydroxylation is 1. The van der Waals surface area contributed by atoms with Gasteiger partial charge < -0.3 is 10.1 Å². The Balaban J connectivity index is 1.96. The number of rotatable bonds is 5. The molecule has 128 valence electrons. The van der Waals surface area contributed by atoms with Crippen LogP contribution in [0, 0.1) is 6.92 Å². The Kier molecular flexibility index (Phi) is 5.89. The van der Waals surface area contributed by atoms with Crippen LogP contribution in [-0.4, -0.2) is 12.5 Å². The lowest BCUT2D eigenvalue weighted by Crippen LogP contribution is -2.29. The van der Waals surface area contributed by atoms with Crippen LogP contribution in [0.4, 0.5) is 0 Å². The number of hydrogen-bond donors (Lipinski definition) is 1. The Bertz CT molecular complexity index is 720. The third-order valence-electron chi connectivity index (χ3n) is 3.74. The smallest absolute Gasteiger partial charge is 0.258 e.